The molecule has 0 spiro atoms. The van der Waals surface area contributed by atoms with Crippen LogP contribution in [0.3, 0.4) is 0 Å². The Labute approximate surface area is 175 Å². The molecule has 0 aliphatic carbocycles. The Bertz CT molecular complexity index is 1380. The second-order valence-electron chi connectivity index (χ2n) is 7.10. The minimum absolute atomic E-state index is 0.315. The number of benzene rings is 4. The number of nitrogens with one attached hydrogen (secondary N) is 1. The van der Waals surface area contributed by atoms with Crippen molar-refractivity contribution in [2.45, 2.75) is 6.18 Å². The van der Waals surface area contributed by atoms with Crippen LogP contribution >= 0.6 is 0 Å². The molecule has 5 rings (SSSR count). The normalized spacial score (nSPS) is 11.7. The summed E-state index contributed by atoms with van der Waals surface area (Å²) in [6.07, 6.45) is -4.44. The van der Waals surface area contributed by atoms with Crippen LogP contribution in [0.4, 0.5) is 13.2 Å². The molecule has 1 heterocycles. The standard InChI is InChI=1S/C24H15F3N4/c25-24(26,27)19-8-3-7-18(14-19)22-20(9-4-10-21(22)23-28-30-31-29-23)17-12-11-15-5-1-2-6-16(15)13-17/h1-14H,(H,28,29,30,31). The zero-order valence-corrected chi connectivity index (χ0v) is 16.1. The molecule has 0 fully saturated rings. The van der Waals surface area contributed by atoms with Crippen LogP contribution in [0.5, 0.6) is 0 Å². The van der Waals surface area contributed by atoms with Crippen LogP contribution in [0.2, 0.25) is 0 Å². The highest BCUT2D eigenvalue weighted by atomic mass is 19.4. The van der Waals surface area contributed by atoms with Crippen molar-refractivity contribution in [3.8, 4) is 33.6 Å². The van der Waals surface area contributed by atoms with Gasteiger partial charge in [-0.3, -0.25) is 0 Å². The van der Waals surface area contributed by atoms with Crippen molar-refractivity contribution in [1.29, 1.82) is 0 Å². The average molecular weight is 416 g/mol. The summed E-state index contributed by atoms with van der Waals surface area (Å²) in [4.78, 5) is 0. The Morgan fingerprint density at radius 1 is 0.677 bits per heavy atom. The summed E-state index contributed by atoms with van der Waals surface area (Å²) in [5, 5.41) is 16.3. The highest BCUT2D eigenvalue weighted by Crippen LogP contribution is 2.41. The summed E-state index contributed by atoms with van der Waals surface area (Å²) in [7, 11) is 0. The van der Waals surface area contributed by atoms with Crippen LogP contribution in [0, 0.1) is 0 Å². The van der Waals surface area contributed by atoms with Crippen LogP contribution in [-0.4, -0.2) is 20.6 Å². The van der Waals surface area contributed by atoms with Gasteiger partial charge in [-0.2, -0.15) is 18.4 Å². The molecule has 0 saturated heterocycles. The van der Waals surface area contributed by atoms with Gasteiger partial charge in [0.05, 0.1) is 5.56 Å². The predicted molar refractivity (Wildman–Crippen MR) is 113 cm³/mol. The lowest BCUT2D eigenvalue weighted by Gasteiger charge is -2.16. The van der Waals surface area contributed by atoms with Gasteiger partial charge in [0.15, 0.2) is 0 Å². The van der Waals surface area contributed by atoms with Crippen molar-refractivity contribution in [3.05, 3.63) is 90.5 Å². The first-order chi connectivity index (χ1) is 15.0. The lowest BCUT2D eigenvalue weighted by atomic mass is 9.89. The fraction of sp³-hybridized carbons (Fsp3) is 0.0417. The van der Waals surface area contributed by atoms with Gasteiger partial charge in [-0.1, -0.05) is 66.7 Å². The van der Waals surface area contributed by atoms with Crippen molar-refractivity contribution in [2.24, 2.45) is 0 Å². The minimum atomic E-state index is -4.44. The minimum Gasteiger partial charge on any atom is -0.177 e. The van der Waals surface area contributed by atoms with Gasteiger partial charge in [0.2, 0.25) is 5.82 Å². The molecule has 0 saturated carbocycles. The van der Waals surface area contributed by atoms with Crippen molar-refractivity contribution in [2.75, 3.05) is 0 Å². The van der Waals surface area contributed by atoms with E-state index < -0.39 is 11.7 Å². The lowest BCUT2D eigenvalue weighted by molar-refractivity contribution is -0.137. The number of alkyl halides is 3. The summed E-state index contributed by atoms with van der Waals surface area (Å²) < 4.78 is 40.2. The molecule has 0 unspecified atom stereocenters. The smallest absolute Gasteiger partial charge is 0.177 e. The third-order valence-corrected chi connectivity index (χ3v) is 5.19. The first-order valence-corrected chi connectivity index (χ1v) is 9.54. The Hall–Kier alpha value is -4.00. The molecule has 4 nitrogen and oxygen atoms in total. The van der Waals surface area contributed by atoms with Gasteiger partial charge >= 0.3 is 6.18 Å². The lowest BCUT2D eigenvalue weighted by Crippen LogP contribution is -2.04. The molecule has 7 heteroatoms. The van der Waals surface area contributed by atoms with Crippen LogP contribution in [0.1, 0.15) is 5.56 Å². The summed E-state index contributed by atoms with van der Waals surface area (Å²) in [6, 6.07) is 24.8. The quantitative estimate of drug-likeness (QED) is 0.372. The van der Waals surface area contributed by atoms with E-state index in [0.717, 1.165) is 34.0 Å². The Morgan fingerprint density at radius 2 is 1.45 bits per heavy atom. The van der Waals surface area contributed by atoms with Gasteiger partial charge in [0, 0.05) is 11.1 Å². The highest BCUT2D eigenvalue weighted by molar-refractivity contribution is 5.96. The first-order valence-electron chi connectivity index (χ1n) is 9.54. The van der Waals surface area contributed by atoms with Gasteiger partial charge in [0.1, 0.15) is 0 Å². The third-order valence-electron chi connectivity index (χ3n) is 5.19. The fourth-order valence-electron chi connectivity index (χ4n) is 3.77. The highest BCUT2D eigenvalue weighted by Gasteiger charge is 2.31. The van der Waals surface area contributed by atoms with Crippen LogP contribution in [-0.2, 0) is 6.18 Å². The van der Waals surface area contributed by atoms with Crippen LogP contribution < -0.4 is 0 Å². The van der Waals surface area contributed by atoms with E-state index in [4.69, 9.17) is 0 Å². The van der Waals surface area contributed by atoms with E-state index in [9.17, 15) is 13.2 Å². The first kappa shape index (κ1) is 19.0. The van der Waals surface area contributed by atoms with E-state index in [-0.39, 0.29) is 0 Å². The molecule has 0 aliphatic heterocycles. The number of fused-ring (bicyclic) bond motifs is 1. The summed E-state index contributed by atoms with van der Waals surface area (Å²) in [5.74, 6) is 0.315. The number of H-pyrrole nitrogens is 1. The third kappa shape index (κ3) is 3.54. The fourth-order valence-corrected chi connectivity index (χ4v) is 3.77. The van der Waals surface area contributed by atoms with Crippen molar-refractivity contribution in [3.63, 3.8) is 0 Å². The van der Waals surface area contributed by atoms with Gasteiger partial charge < -0.3 is 0 Å². The van der Waals surface area contributed by atoms with E-state index >= 15 is 0 Å². The molecule has 31 heavy (non-hydrogen) atoms. The van der Waals surface area contributed by atoms with Crippen LogP contribution in [0.25, 0.3) is 44.4 Å². The van der Waals surface area contributed by atoms with Crippen molar-refractivity contribution >= 4 is 10.8 Å². The van der Waals surface area contributed by atoms with E-state index in [1.54, 1.807) is 12.1 Å². The van der Waals surface area contributed by atoms with E-state index in [0.29, 0.717) is 22.5 Å². The van der Waals surface area contributed by atoms with E-state index in [2.05, 4.69) is 20.6 Å². The number of hydrogen-bond acceptors (Lipinski definition) is 3. The zero-order chi connectivity index (χ0) is 21.4. The SMILES string of the molecule is FC(F)(F)c1cccc(-c2c(-c3ccc4ccccc4c3)cccc2-c2nn[nH]n2)c1. The molecule has 0 bridgehead atoms. The largest absolute Gasteiger partial charge is 0.416 e. The topological polar surface area (TPSA) is 54.5 Å². The molecule has 0 aliphatic rings. The molecular formula is C24H15F3N4. The van der Waals surface area contributed by atoms with Gasteiger partial charge in [-0.25, -0.2) is 0 Å². The average Bonchev–Trinajstić information content (AvgIpc) is 3.33. The predicted octanol–water partition coefficient (Wildman–Crippen LogP) is 6.37. The number of halogens is 3. The number of aromatic nitrogens is 4. The Balaban J connectivity index is 1.79. The summed E-state index contributed by atoms with van der Waals surface area (Å²) in [6.45, 7) is 0. The second-order valence-corrected chi connectivity index (χ2v) is 7.10. The molecule has 0 atom stereocenters. The maximum atomic E-state index is 13.4. The number of nitrogens with zero attached hydrogens (tertiary/aromatic N) is 3. The molecule has 5 aromatic rings. The molecule has 4 aromatic carbocycles. The number of rotatable bonds is 3. The summed E-state index contributed by atoms with van der Waals surface area (Å²) >= 11 is 0. The number of hydrogen-bond donors (Lipinski definition) is 1. The van der Waals surface area contributed by atoms with Crippen molar-refractivity contribution in [1.82, 2.24) is 20.6 Å². The van der Waals surface area contributed by atoms with E-state index in [1.807, 2.05) is 54.6 Å². The zero-order valence-electron chi connectivity index (χ0n) is 16.1. The molecule has 1 N–H and O–H groups in total. The van der Waals surface area contributed by atoms with Crippen LogP contribution in [0.15, 0.2) is 84.9 Å². The number of tetrazole rings is 1. The number of aromatic amines is 1. The Morgan fingerprint density at radius 3 is 2.23 bits per heavy atom. The molecule has 0 radical (unpaired) electrons. The van der Waals surface area contributed by atoms with Gasteiger partial charge in [-0.15, -0.1) is 10.2 Å². The maximum absolute atomic E-state index is 13.4. The van der Waals surface area contributed by atoms with Crippen molar-refractivity contribution < 1.29 is 13.2 Å². The molecule has 0 amide bonds. The van der Waals surface area contributed by atoms with Gasteiger partial charge in [-0.05, 0) is 50.9 Å². The second kappa shape index (κ2) is 7.36. The van der Waals surface area contributed by atoms with E-state index in [1.165, 1.54) is 6.07 Å². The Kier molecular flexibility index (Phi) is 4.51. The van der Waals surface area contributed by atoms with Gasteiger partial charge in [0.25, 0.3) is 0 Å². The molecular weight excluding hydrogens is 401 g/mol. The molecule has 152 valence electrons. The maximum Gasteiger partial charge on any atom is 0.416 e. The monoisotopic (exact) mass is 416 g/mol. The molecule has 1 aromatic heterocycles. The summed E-state index contributed by atoms with van der Waals surface area (Å²) in [5.41, 5.74) is 2.60.